The maximum Gasteiger partial charge on any atom is 0.327 e. The molecule has 4 nitrogen and oxygen atoms in total. The first kappa shape index (κ1) is 18.2. The van der Waals surface area contributed by atoms with Crippen LogP contribution in [0.2, 0.25) is 0 Å². The van der Waals surface area contributed by atoms with E-state index in [0.717, 1.165) is 21.8 Å². The molecule has 1 aromatic carbocycles. The van der Waals surface area contributed by atoms with Crippen LogP contribution in [0.25, 0.3) is 6.08 Å². The first-order valence-electron chi connectivity index (χ1n) is 7.10. The zero-order valence-corrected chi connectivity index (χ0v) is 15.9. The average molecular weight is 414 g/mol. The maximum atomic E-state index is 12.6. The van der Waals surface area contributed by atoms with Crippen molar-refractivity contribution in [3.05, 3.63) is 39.2 Å². The van der Waals surface area contributed by atoms with E-state index in [4.69, 9.17) is 12.2 Å². The van der Waals surface area contributed by atoms with Crippen molar-refractivity contribution in [3.8, 4) is 0 Å². The minimum absolute atomic E-state index is 0.180. The van der Waals surface area contributed by atoms with Gasteiger partial charge >= 0.3 is 5.97 Å². The highest BCUT2D eigenvalue weighted by Crippen LogP contribution is 2.36. The molecule has 7 heteroatoms. The Hall–Kier alpha value is -1.18. The fourth-order valence-corrected chi connectivity index (χ4v) is 4.05. The van der Waals surface area contributed by atoms with Crippen LogP contribution in [0.5, 0.6) is 0 Å². The topological polar surface area (TPSA) is 57.6 Å². The van der Waals surface area contributed by atoms with E-state index in [2.05, 4.69) is 15.9 Å². The number of carboxylic acid groups (broad SMARTS) is 1. The molecule has 1 aliphatic rings. The van der Waals surface area contributed by atoms with Gasteiger partial charge in [0.15, 0.2) is 0 Å². The molecular formula is C16H16BrNO3S2. The van der Waals surface area contributed by atoms with Crippen molar-refractivity contribution in [2.45, 2.75) is 26.3 Å². The number of hydrogen-bond acceptors (Lipinski definition) is 4. The molecule has 1 heterocycles. The van der Waals surface area contributed by atoms with E-state index in [-0.39, 0.29) is 11.8 Å². The lowest BCUT2D eigenvalue weighted by Crippen LogP contribution is -2.47. The van der Waals surface area contributed by atoms with Crippen LogP contribution in [0.15, 0.2) is 33.6 Å². The molecule has 0 spiro atoms. The molecule has 1 fully saturated rings. The highest BCUT2D eigenvalue weighted by atomic mass is 79.9. The molecule has 1 amide bonds. The minimum atomic E-state index is -1.03. The zero-order chi connectivity index (χ0) is 17.1. The first-order chi connectivity index (χ1) is 10.8. The molecule has 0 bridgehead atoms. The predicted octanol–water partition coefficient (Wildman–Crippen LogP) is 4.15. The number of carboxylic acids is 1. The largest absolute Gasteiger partial charge is 0.480 e. The van der Waals surface area contributed by atoms with Crippen molar-refractivity contribution in [3.63, 3.8) is 0 Å². The van der Waals surface area contributed by atoms with Crippen LogP contribution < -0.4 is 0 Å². The summed E-state index contributed by atoms with van der Waals surface area (Å²) in [5, 5.41) is 9.49. The lowest BCUT2D eigenvalue weighted by Gasteiger charge is -2.27. The van der Waals surface area contributed by atoms with Gasteiger partial charge in [-0.25, -0.2) is 4.79 Å². The second-order valence-electron chi connectivity index (χ2n) is 5.28. The number of carbonyl (C=O) groups excluding carboxylic acids is 1. The maximum absolute atomic E-state index is 12.6. The van der Waals surface area contributed by atoms with Crippen LogP contribution >= 0.6 is 39.9 Å². The summed E-state index contributed by atoms with van der Waals surface area (Å²) < 4.78 is 1.20. The van der Waals surface area contributed by atoms with E-state index < -0.39 is 12.0 Å². The van der Waals surface area contributed by atoms with Gasteiger partial charge < -0.3 is 5.11 Å². The molecule has 23 heavy (non-hydrogen) atoms. The Morgan fingerprint density at radius 1 is 1.52 bits per heavy atom. The third-order valence-corrected chi connectivity index (χ3v) is 5.51. The monoisotopic (exact) mass is 413 g/mol. The molecule has 1 N–H and O–H groups in total. The lowest BCUT2D eigenvalue weighted by molar-refractivity contribution is -0.147. The van der Waals surface area contributed by atoms with Crippen LogP contribution in [0.3, 0.4) is 0 Å². The van der Waals surface area contributed by atoms with E-state index in [1.807, 2.05) is 38.1 Å². The normalized spacial score (nSPS) is 19.3. The highest BCUT2D eigenvalue weighted by Gasteiger charge is 2.42. The summed E-state index contributed by atoms with van der Waals surface area (Å²) in [4.78, 5) is 25.9. The number of carbonyl (C=O) groups is 2. The minimum Gasteiger partial charge on any atom is -0.480 e. The van der Waals surface area contributed by atoms with E-state index in [0.29, 0.717) is 15.6 Å². The fourth-order valence-electron chi connectivity index (χ4n) is 2.30. The number of hydrogen-bond donors (Lipinski definition) is 1. The number of amides is 1. The summed E-state index contributed by atoms with van der Waals surface area (Å²) in [6.45, 7) is 3.71. The van der Waals surface area contributed by atoms with Crippen molar-refractivity contribution >= 4 is 62.2 Å². The smallest absolute Gasteiger partial charge is 0.327 e. The van der Waals surface area contributed by atoms with Gasteiger partial charge in [0.2, 0.25) is 0 Å². The molecular weight excluding hydrogens is 398 g/mol. The number of halogens is 1. The molecule has 1 aromatic rings. The summed E-state index contributed by atoms with van der Waals surface area (Å²) in [7, 11) is 0. The molecule has 0 radical (unpaired) electrons. The van der Waals surface area contributed by atoms with Gasteiger partial charge in [0.05, 0.1) is 4.91 Å². The Balaban J connectivity index is 2.34. The van der Waals surface area contributed by atoms with Crippen LogP contribution in [-0.4, -0.2) is 32.2 Å². The van der Waals surface area contributed by atoms with Crippen LogP contribution in [-0.2, 0) is 9.59 Å². The van der Waals surface area contributed by atoms with Crippen molar-refractivity contribution in [1.29, 1.82) is 0 Å². The van der Waals surface area contributed by atoms with Gasteiger partial charge in [0.1, 0.15) is 10.4 Å². The summed E-state index contributed by atoms with van der Waals surface area (Å²) in [5.41, 5.74) is 0.857. The number of rotatable bonds is 5. The van der Waals surface area contributed by atoms with Crippen molar-refractivity contribution in [1.82, 2.24) is 4.90 Å². The summed E-state index contributed by atoms with van der Waals surface area (Å²) in [5.74, 6) is -1.55. The number of thioether (sulfide) groups is 1. The van der Waals surface area contributed by atoms with Gasteiger partial charge in [0.25, 0.3) is 5.91 Å². The van der Waals surface area contributed by atoms with Crippen LogP contribution in [0.1, 0.15) is 25.8 Å². The van der Waals surface area contributed by atoms with Crippen molar-refractivity contribution < 1.29 is 14.7 Å². The highest BCUT2D eigenvalue weighted by molar-refractivity contribution is 9.10. The summed E-state index contributed by atoms with van der Waals surface area (Å²) in [6.07, 6.45) is 2.39. The quantitative estimate of drug-likeness (QED) is 0.580. The number of nitrogens with zero attached hydrogens (tertiary/aromatic N) is 1. The van der Waals surface area contributed by atoms with Gasteiger partial charge in [-0.3, -0.25) is 9.69 Å². The number of thiocarbonyl (C=S) groups is 1. The van der Waals surface area contributed by atoms with E-state index in [1.165, 1.54) is 4.90 Å². The second kappa shape index (κ2) is 7.59. The zero-order valence-electron chi connectivity index (χ0n) is 12.7. The van der Waals surface area contributed by atoms with E-state index in [9.17, 15) is 14.7 Å². The molecule has 1 aliphatic heterocycles. The molecule has 0 unspecified atom stereocenters. The van der Waals surface area contributed by atoms with Crippen LogP contribution in [0.4, 0.5) is 0 Å². The molecule has 2 atom stereocenters. The number of aliphatic carboxylic acids is 1. The van der Waals surface area contributed by atoms with Gasteiger partial charge in [-0.1, -0.05) is 72.3 Å². The van der Waals surface area contributed by atoms with Crippen molar-refractivity contribution in [2.24, 2.45) is 5.92 Å². The van der Waals surface area contributed by atoms with Gasteiger partial charge in [-0.15, -0.1) is 0 Å². The van der Waals surface area contributed by atoms with Gasteiger partial charge in [-0.05, 0) is 29.7 Å². The Bertz CT molecular complexity index is 690. The van der Waals surface area contributed by atoms with E-state index >= 15 is 0 Å². The molecule has 1 saturated heterocycles. The van der Waals surface area contributed by atoms with Crippen LogP contribution in [0, 0.1) is 5.92 Å². The lowest BCUT2D eigenvalue weighted by atomic mass is 9.98. The number of benzene rings is 1. The summed E-state index contributed by atoms with van der Waals surface area (Å²) in [6, 6.07) is 6.60. The third-order valence-electron chi connectivity index (χ3n) is 3.68. The molecule has 122 valence electrons. The SMILES string of the molecule is CC[C@@H](C)[C@@H](C(=O)O)N1C(=O)/C(=C/c2cccc(Br)c2)SC1=S. The molecule has 0 aliphatic carbocycles. The Labute approximate surface area is 153 Å². The molecule has 0 saturated carbocycles. The fraction of sp³-hybridized carbons (Fsp3) is 0.312. The Kier molecular flexibility index (Phi) is 6.00. The van der Waals surface area contributed by atoms with Gasteiger partial charge in [-0.2, -0.15) is 0 Å². The van der Waals surface area contributed by atoms with Crippen molar-refractivity contribution in [2.75, 3.05) is 0 Å². The standard InChI is InChI=1S/C16H16BrNO3S2/c1-3-9(2)13(15(20)21)18-14(19)12(23-16(18)22)8-10-5-4-6-11(17)7-10/h4-9,13H,3H2,1-2H3,(H,20,21)/b12-8-/t9-,13+/m1/s1. The Morgan fingerprint density at radius 3 is 2.78 bits per heavy atom. The first-order valence-corrected chi connectivity index (χ1v) is 9.12. The third kappa shape index (κ3) is 4.02. The van der Waals surface area contributed by atoms with E-state index in [1.54, 1.807) is 6.08 Å². The Morgan fingerprint density at radius 2 is 2.22 bits per heavy atom. The van der Waals surface area contributed by atoms with Gasteiger partial charge in [0, 0.05) is 4.47 Å². The molecule has 0 aromatic heterocycles. The average Bonchev–Trinajstić information content (AvgIpc) is 2.75. The second-order valence-corrected chi connectivity index (χ2v) is 7.87. The predicted molar refractivity (Wildman–Crippen MR) is 100 cm³/mol. The summed E-state index contributed by atoms with van der Waals surface area (Å²) >= 11 is 9.79. The molecule has 2 rings (SSSR count).